The smallest absolute Gasteiger partial charge is 0.315 e. The molecule has 138 valence electrons. The van der Waals surface area contributed by atoms with E-state index in [-0.39, 0.29) is 6.03 Å². The molecule has 2 N–H and O–H groups in total. The van der Waals surface area contributed by atoms with E-state index in [1.165, 1.54) is 15.8 Å². The molecule has 0 spiro atoms. The van der Waals surface area contributed by atoms with E-state index >= 15 is 0 Å². The number of piperazine rings is 1. The second-order valence-corrected chi connectivity index (χ2v) is 8.65. The van der Waals surface area contributed by atoms with E-state index in [4.69, 9.17) is 10.7 Å². The van der Waals surface area contributed by atoms with Crippen molar-refractivity contribution in [3.05, 3.63) is 64.7 Å². The number of amides is 2. The van der Waals surface area contributed by atoms with Gasteiger partial charge in [0, 0.05) is 38.1 Å². The third-order valence-corrected chi connectivity index (χ3v) is 6.78. The van der Waals surface area contributed by atoms with Gasteiger partial charge < -0.3 is 10.6 Å². The Labute approximate surface area is 162 Å². The summed E-state index contributed by atoms with van der Waals surface area (Å²) in [5, 5.41) is 1.16. The van der Waals surface area contributed by atoms with Gasteiger partial charge in [-0.1, -0.05) is 36.4 Å². The highest BCUT2D eigenvalue weighted by atomic mass is 32.1. The SMILES string of the molecule is NC(=O)N1C[C@@H]2C[C@H]1CN2Cc1ccc(Cc2nc3ccccc3s2)cc1. The molecular weight excluding hydrogens is 356 g/mol. The Morgan fingerprint density at radius 3 is 2.56 bits per heavy atom. The largest absolute Gasteiger partial charge is 0.351 e. The number of fused-ring (bicyclic) bond motifs is 3. The van der Waals surface area contributed by atoms with E-state index in [0.717, 1.165) is 43.0 Å². The third-order valence-electron chi connectivity index (χ3n) is 5.74. The van der Waals surface area contributed by atoms with Crippen molar-refractivity contribution in [1.29, 1.82) is 0 Å². The van der Waals surface area contributed by atoms with Crippen LogP contribution in [0.15, 0.2) is 48.5 Å². The maximum atomic E-state index is 11.4. The first-order valence-electron chi connectivity index (χ1n) is 9.38. The predicted molar refractivity (Wildman–Crippen MR) is 108 cm³/mol. The molecule has 5 nitrogen and oxygen atoms in total. The van der Waals surface area contributed by atoms with Gasteiger partial charge in [0.1, 0.15) is 0 Å². The van der Waals surface area contributed by atoms with E-state index < -0.39 is 0 Å². The van der Waals surface area contributed by atoms with Crippen molar-refractivity contribution in [2.45, 2.75) is 31.5 Å². The van der Waals surface area contributed by atoms with Crippen LogP contribution >= 0.6 is 11.3 Å². The van der Waals surface area contributed by atoms with Crippen molar-refractivity contribution in [2.24, 2.45) is 5.73 Å². The summed E-state index contributed by atoms with van der Waals surface area (Å²) in [6.07, 6.45) is 1.93. The van der Waals surface area contributed by atoms with Crippen LogP contribution in [0, 0.1) is 0 Å². The summed E-state index contributed by atoms with van der Waals surface area (Å²) in [5.41, 5.74) is 9.15. The van der Waals surface area contributed by atoms with Gasteiger partial charge in [-0.25, -0.2) is 9.78 Å². The first-order chi connectivity index (χ1) is 13.2. The molecule has 2 amide bonds. The number of para-hydroxylation sites is 1. The van der Waals surface area contributed by atoms with Crippen LogP contribution < -0.4 is 5.73 Å². The Kier molecular flexibility index (Phi) is 4.10. The van der Waals surface area contributed by atoms with Crippen LogP contribution in [0.2, 0.25) is 0 Å². The zero-order valence-corrected chi connectivity index (χ0v) is 15.9. The average Bonchev–Trinajstić information content (AvgIpc) is 3.36. The first-order valence-corrected chi connectivity index (χ1v) is 10.2. The number of nitrogens with zero attached hydrogens (tertiary/aromatic N) is 3. The second kappa shape index (κ2) is 6.62. The van der Waals surface area contributed by atoms with E-state index in [1.54, 1.807) is 11.3 Å². The van der Waals surface area contributed by atoms with Gasteiger partial charge in [0.05, 0.1) is 15.2 Å². The third kappa shape index (κ3) is 3.19. The van der Waals surface area contributed by atoms with Crippen LogP contribution in [0.5, 0.6) is 0 Å². The number of thiazole rings is 1. The van der Waals surface area contributed by atoms with Crippen molar-refractivity contribution >= 4 is 27.6 Å². The topological polar surface area (TPSA) is 62.5 Å². The van der Waals surface area contributed by atoms with Gasteiger partial charge in [0.25, 0.3) is 0 Å². The quantitative estimate of drug-likeness (QED) is 0.758. The zero-order valence-electron chi connectivity index (χ0n) is 15.0. The average molecular weight is 379 g/mol. The van der Waals surface area contributed by atoms with Crippen molar-refractivity contribution in [1.82, 2.24) is 14.8 Å². The van der Waals surface area contributed by atoms with Gasteiger partial charge in [-0.2, -0.15) is 0 Å². The van der Waals surface area contributed by atoms with E-state index in [9.17, 15) is 4.79 Å². The molecule has 0 unspecified atom stereocenters. The molecule has 2 saturated heterocycles. The molecular formula is C21H22N4OS. The lowest BCUT2D eigenvalue weighted by Crippen LogP contribution is -2.50. The fourth-order valence-corrected chi connectivity index (χ4v) is 5.38. The maximum absolute atomic E-state index is 11.4. The predicted octanol–water partition coefficient (Wildman–Crippen LogP) is 3.22. The molecule has 2 aromatic carbocycles. The molecule has 2 atom stereocenters. The maximum Gasteiger partial charge on any atom is 0.315 e. The highest BCUT2D eigenvalue weighted by Gasteiger charge is 2.44. The molecule has 3 heterocycles. The molecule has 0 radical (unpaired) electrons. The lowest BCUT2D eigenvalue weighted by atomic mass is 10.1. The van der Waals surface area contributed by atoms with Crippen molar-refractivity contribution < 1.29 is 4.79 Å². The van der Waals surface area contributed by atoms with Gasteiger partial charge in [-0.15, -0.1) is 11.3 Å². The highest BCUT2D eigenvalue weighted by molar-refractivity contribution is 7.18. The van der Waals surface area contributed by atoms with Crippen molar-refractivity contribution in [3.8, 4) is 0 Å². The molecule has 2 aliphatic heterocycles. The van der Waals surface area contributed by atoms with Gasteiger partial charge in [0.15, 0.2) is 0 Å². The van der Waals surface area contributed by atoms with E-state index in [0.29, 0.717) is 12.1 Å². The number of carbonyl (C=O) groups is 1. The summed E-state index contributed by atoms with van der Waals surface area (Å²) in [6.45, 7) is 2.64. The number of rotatable bonds is 4. The number of nitrogens with two attached hydrogens (primary N) is 1. The monoisotopic (exact) mass is 378 g/mol. The number of benzene rings is 2. The van der Waals surface area contributed by atoms with Crippen molar-refractivity contribution in [3.63, 3.8) is 0 Å². The summed E-state index contributed by atoms with van der Waals surface area (Å²) >= 11 is 1.77. The minimum absolute atomic E-state index is 0.277. The number of primary amides is 1. The first kappa shape index (κ1) is 16.7. The van der Waals surface area contributed by atoms with E-state index in [2.05, 4.69) is 47.4 Å². The number of carbonyl (C=O) groups excluding carboxylic acids is 1. The van der Waals surface area contributed by atoms with Crippen LogP contribution in [0.3, 0.4) is 0 Å². The fraction of sp³-hybridized carbons (Fsp3) is 0.333. The van der Waals surface area contributed by atoms with Crippen LogP contribution in [-0.2, 0) is 13.0 Å². The molecule has 6 heteroatoms. The van der Waals surface area contributed by atoms with Crippen LogP contribution in [0.25, 0.3) is 10.2 Å². The summed E-state index contributed by atoms with van der Waals surface area (Å²) in [6, 6.07) is 17.6. The Morgan fingerprint density at radius 2 is 1.85 bits per heavy atom. The number of hydrogen-bond acceptors (Lipinski definition) is 4. The van der Waals surface area contributed by atoms with Gasteiger partial charge in [-0.3, -0.25) is 4.90 Å². The molecule has 1 aromatic heterocycles. The number of hydrogen-bond donors (Lipinski definition) is 1. The lowest BCUT2D eigenvalue weighted by Gasteiger charge is -2.33. The van der Waals surface area contributed by atoms with Crippen molar-refractivity contribution in [2.75, 3.05) is 13.1 Å². The van der Waals surface area contributed by atoms with E-state index in [1.807, 2.05) is 11.0 Å². The molecule has 5 rings (SSSR count). The fourth-order valence-electron chi connectivity index (χ4n) is 4.38. The molecule has 0 aliphatic carbocycles. The van der Waals surface area contributed by atoms with Gasteiger partial charge in [0.2, 0.25) is 0 Å². The Morgan fingerprint density at radius 1 is 1.07 bits per heavy atom. The highest BCUT2D eigenvalue weighted by Crippen LogP contribution is 2.31. The molecule has 3 aromatic rings. The second-order valence-electron chi connectivity index (χ2n) is 7.53. The number of likely N-dealkylation sites (tertiary alicyclic amines) is 2. The summed E-state index contributed by atoms with van der Waals surface area (Å²) in [5.74, 6) is 0. The number of urea groups is 1. The molecule has 2 fully saturated rings. The zero-order chi connectivity index (χ0) is 18.4. The van der Waals surface area contributed by atoms with Crippen LogP contribution in [0.1, 0.15) is 22.6 Å². The summed E-state index contributed by atoms with van der Waals surface area (Å²) in [7, 11) is 0. The van der Waals surface area contributed by atoms with Crippen LogP contribution in [0.4, 0.5) is 4.79 Å². The number of aromatic nitrogens is 1. The standard InChI is InChI=1S/C21H22N4OS/c22-21(26)25-13-16-10-17(25)12-24(16)11-15-7-5-14(6-8-15)9-20-23-18-3-1-2-4-19(18)27-20/h1-8,16-17H,9-13H2,(H2,22,26)/t16-,17-/m0/s1. The summed E-state index contributed by atoms with van der Waals surface area (Å²) in [4.78, 5) is 20.5. The minimum Gasteiger partial charge on any atom is -0.351 e. The normalized spacial score (nSPS) is 22.0. The molecule has 2 bridgehead atoms. The molecule has 27 heavy (non-hydrogen) atoms. The van der Waals surface area contributed by atoms with Crippen LogP contribution in [-0.4, -0.2) is 46.0 Å². The molecule has 2 aliphatic rings. The Bertz CT molecular complexity index is 950. The lowest BCUT2D eigenvalue weighted by molar-refractivity contribution is 0.137. The molecule has 0 saturated carbocycles. The summed E-state index contributed by atoms with van der Waals surface area (Å²) < 4.78 is 1.25. The Balaban J connectivity index is 1.23. The minimum atomic E-state index is -0.277. The van der Waals surface area contributed by atoms with Gasteiger partial charge >= 0.3 is 6.03 Å². The van der Waals surface area contributed by atoms with Gasteiger partial charge in [-0.05, 0) is 29.7 Å². The Hall–Kier alpha value is -2.44.